The molecular weight excluding hydrogens is 472 g/mol. The minimum Gasteiger partial charge on any atom is -0.303 e. The van der Waals surface area contributed by atoms with Crippen LogP contribution in [-0.4, -0.2) is 49.1 Å². The Morgan fingerprint density at radius 3 is 1.05 bits per heavy atom. The average Bonchev–Trinajstić information content (AvgIpc) is 2.91. The molecule has 2 heteroatoms. The molecule has 0 spiro atoms. The first kappa shape index (κ1) is 38.9. The smallest absolute Gasteiger partial charge is 0.000713 e. The van der Waals surface area contributed by atoms with Crippen LogP contribution in [0.3, 0.4) is 0 Å². The molecule has 0 aromatic rings. The van der Waals surface area contributed by atoms with E-state index in [2.05, 4.69) is 51.3 Å². The van der Waals surface area contributed by atoms with Crippen molar-refractivity contribution in [3.05, 3.63) is 0 Å². The van der Waals surface area contributed by atoms with E-state index in [1.54, 1.807) is 0 Å². The van der Waals surface area contributed by atoms with E-state index in [0.29, 0.717) is 0 Å². The maximum Gasteiger partial charge on any atom is 0.000713 e. The van der Waals surface area contributed by atoms with E-state index in [1.165, 1.54) is 187 Å². The summed E-state index contributed by atoms with van der Waals surface area (Å²) in [5, 5.41) is 0. The molecule has 39 heavy (non-hydrogen) atoms. The van der Waals surface area contributed by atoms with Crippen LogP contribution in [0.25, 0.3) is 0 Å². The highest BCUT2D eigenvalue weighted by atomic mass is 15.1. The van der Waals surface area contributed by atoms with Crippen molar-refractivity contribution in [2.45, 2.75) is 189 Å². The summed E-state index contributed by atoms with van der Waals surface area (Å²) in [5.41, 5.74) is 0. The van der Waals surface area contributed by atoms with Crippen molar-refractivity contribution in [2.75, 3.05) is 39.3 Å². The first-order chi connectivity index (χ1) is 19.1. The summed E-state index contributed by atoms with van der Waals surface area (Å²) in [6, 6.07) is 0. The molecule has 0 rings (SSSR count). The molecule has 0 aliphatic heterocycles. The van der Waals surface area contributed by atoms with Crippen LogP contribution in [0.4, 0.5) is 0 Å². The first-order valence-corrected chi connectivity index (χ1v) is 18.5. The molecule has 2 unspecified atom stereocenters. The SMILES string of the molecule is CCCCCCCCCCC(C)CN(CCCCCN(CCC)CCC)CC(C)CCCCCCCCCC. The minimum atomic E-state index is 0.852. The minimum absolute atomic E-state index is 0.852. The molecule has 0 aromatic heterocycles. The van der Waals surface area contributed by atoms with E-state index in [-0.39, 0.29) is 0 Å². The zero-order chi connectivity index (χ0) is 28.8. The number of hydrogen-bond acceptors (Lipinski definition) is 2. The highest BCUT2D eigenvalue weighted by Gasteiger charge is 2.14. The third-order valence-electron chi connectivity index (χ3n) is 8.77. The van der Waals surface area contributed by atoms with Crippen molar-refractivity contribution >= 4 is 0 Å². The van der Waals surface area contributed by atoms with Crippen molar-refractivity contribution in [2.24, 2.45) is 11.8 Å². The van der Waals surface area contributed by atoms with Crippen LogP contribution in [0, 0.1) is 11.8 Å². The quantitative estimate of drug-likeness (QED) is 0.0768. The third kappa shape index (κ3) is 27.8. The highest BCUT2D eigenvalue weighted by Crippen LogP contribution is 2.18. The largest absolute Gasteiger partial charge is 0.303 e. The van der Waals surface area contributed by atoms with Gasteiger partial charge in [0.15, 0.2) is 0 Å². The van der Waals surface area contributed by atoms with E-state index < -0.39 is 0 Å². The van der Waals surface area contributed by atoms with Gasteiger partial charge in [-0.15, -0.1) is 0 Å². The van der Waals surface area contributed by atoms with Crippen LogP contribution in [0.15, 0.2) is 0 Å². The highest BCUT2D eigenvalue weighted by molar-refractivity contribution is 4.68. The second kappa shape index (κ2) is 30.9. The zero-order valence-electron chi connectivity index (χ0n) is 28.6. The summed E-state index contributed by atoms with van der Waals surface area (Å²) in [7, 11) is 0. The van der Waals surface area contributed by atoms with E-state index in [1.807, 2.05) is 0 Å². The van der Waals surface area contributed by atoms with E-state index in [9.17, 15) is 0 Å². The Bertz CT molecular complexity index is 417. The molecule has 0 aliphatic carbocycles. The zero-order valence-corrected chi connectivity index (χ0v) is 28.6. The van der Waals surface area contributed by atoms with Gasteiger partial charge in [0.2, 0.25) is 0 Å². The van der Waals surface area contributed by atoms with Gasteiger partial charge in [-0.3, -0.25) is 0 Å². The fourth-order valence-electron chi connectivity index (χ4n) is 6.39. The predicted octanol–water partition coefficient (Wildman–Crippen LogP) is 11.9. The van der Waals surface area contributed by atoms with Gasteiger partial charge in [0, 0.05) is 13.1 Å². The summed E-state index contributed by atoms with van der Waals surface area (Å²) in [6.07, 6.45) is 32.7. The molecule has 0 aliphatic rings. The Morgan fingerprint density at radius 1 is 0.333 bits per heavy atom. The molecule has 0 saturated carbocycles. The number of hydrogen-bond donors (Lipinski definition) is 0. The van der Waals surface area contributed by atoms with Gasteiger partial charge < -0.3 is 9.80 Å². The van der Waals surface area contributed by atoms with E-state index in [4.69, 9.17) is 0 Å². The first-order valence-electron chi connectivity index (χ1n) is 18.5. The summed E-state index contributed by atoms with van der Waals surface area (Å²) >= 11 is 0. The lowest BCUT2D eigenvalue weighted by atomic mass is 9.98. The van der Waals surface area contributed by atoms with Crippen molar-refractivity contribution in [3.8, 4) is 0 Å². The van der Waals surface area contributed by atoms with Crippen LogP contribution in [0.5, 0.6) is 0 Å². The number of unbranched alkanes of at least 4 members (excludes halogenated alkanes) is 16. The van der Waals surface area contributed by atoms with Gasteiger partial charge in [-0.25, -0.2) is 0 Å². The standard InChI is InChI=1S/C37H78N2/c1-7-11-13-15-17-19-21-24-28-36(5)34-39(33-27-23-26-32-38(30-9-3)31-10-4)35-37(6)29-25-22-20-18-16-14-12-8-2/h36-37H,7-35H2,1-6H3. The van der Waals surface area contributed by atoms with Crippen LogP contribution in [0.1, 0.15) is 189 Å². The van der Waals surface area contributed by atoms with Crippen LogP contribution >= 0.6 is 0 Å². The van der Waals surface area contributed by atoms with Gasteiger partial charge >= 0.3 is 0 Å². The fourth-order valence-corrected chi connectivity index (χ4v) is 6.39. The Morgan fingerprint density at radius 2 is 0.667 bits per heavy atom. The second-order valence-corrected chi connectivity index (χ2v) is 13.4. The molecule has 0 bridgehead atoms. The Kier molecular flexibility index (Phi) is 30.8. The lowest BCUT2D eigenvalue weighted by Crippen LogP contribution is -2.34. The Labute approximate surface area is 249 Å². The van der Waals surface area contributed by atoms with Crippen LogP contribution in [-0.2, 0) is 0 Å². The molecule has 0 fully saturated rings. The summed E-state index contributed by atoms with van der Waals surface area (Å²) < 4.78 is 0. The number of rotatable bonds is 32. The Balaban J connectivity index is 4.36. The molecule has 0 aromatic carbocycles. The monoisotopic (exact) mass is 551 g/mol. The average molecular weight is 551 g/mol. The molecule has 0 N–H and O–H groups in total. The fraction of sp³-hybridized carbons (Fsp3) is 1.00. The van der Waals surface area contributed by atoms with Gasteiger partial charge in [-0.05, 0) is 76.5 Å². The molecule has 2 nitrogen and oxygen atoms in total. The second-order valence-electron chi connectivity index (χ2n) is 13.4. The molecule has 0 radical (unpaired) electrons. The van der Waals surface area contributed by atoms with E-state index >= 15 is 0 Å². The summed E-state index contributed by atoms with van der Waals surface area (Å²) in [6.45, 7) is 22.2. The van der Waals surface area contributed by atoms with Crippen molar-refractivity contribution < 1.29 is 0 Å². The maximum absolute atomic E-state index is 2.88. The molecule has 0 saturated heterocycles. The summed E-state index contributed by atoms with van der Waals surface area (Å²) in [4.78, 5) is 5.57. The van der Waals surface area contributed by atoms with Crippen LogP contribution in [0.2, 0.25) is 0 Å². The molecule has 0 amide bonds. The van der Waals surface area contributed by atoms with Crippen molar-refractivity contribution in [1.82, 2.24) is 9.80 Å². The van der Waals surface area contributed by atoms with E-state index in [0.717, 1.165) is 11.8 Å². The lowest BCUT2D eigenvalue weighted by molar-refractivity contribution is 0.191. The maximum atomic E-state index is 2.88. The molecule has 0 heterocycles. The van der Waals surface area contributed by atoms with Crippen LogP contribution < -0.4 is 0 Å². The van der Waals surface area contributed by atoms with Gasteiger partial charge in [0.05, 0.1) is 0 Å². The normalized spacial score (nSPS) is 13.5. The number of nitrogens with zero attached hydrogens (tertiary/aromatic N) is 2. The molecule has 2 atom stereocenters. The van der Waals surface area contributed by atoms with Crippen molar-refractivity contribution in [3.63, 3.8) is 0 Å². The summed E-state index contributed by atoms with van der Waals surface area (Å²) in [5.74, 6) is 1.70. The molecule has 236 valence electrons. The van der Waals surface area contributed by atoms with Gasteiger partial charge in [-0.2, -0.15) is 0 Å². The molecular formula is C37H78N2. The van der Waals surface area contributed by atoms with Crippen molar-refractivity contribution in [1.29, 1.82) is 0 Å². The van der Waals surface area contributed by atoms with Gasteiger partial charge in [-0.1, -0.05) is 151 Å². The van der Waals surface area contributed by atoms with Gasteiger partial charge in [0.25, 0.3) is 0 Å². The Hall–Kier alpha value is -0.0800. The lowest BCUT2D eigenvalue weighted by Gasteiger charge is -2.29. The topological polar surface area (TPSA) is 6.48 Å². The van der Waals surface area contributed by atoms with Gasteiger partial charge in [0.1, 0.15) is 0 Å². The third-order valence-corrected chi connectivity index (χ3v) is 8.77. The predicted molar refractivity (Wildman–Crippen MR) is 180 cm³/mol.